The number of aliphatic hydroxyl groups excluding tert-OH is 2. The van der Waals surface area contributed by atoms with E-state index >= 15 is 0 Å². The van der Waals surface area contributed by atoms with Crippen LogP contribution in [0.4, 0.5) is 0 Å². The molecule has 2 rings (SSSR count). The van der Waals surface area contributed by atoms with E-state index in [1.807, 2.05) is 10.9 Å². The number of terminal acetylenes is 1. The molecule has 0 saturated carbocycles. The molecule has 1 aromatic heterocycles. The van der Waals surface area contributed by atoms with Gasteiger partial charge in [-0.2, -0.15) is 0 Å². The lowest BCUT2D eigenvalue weighted by atomic mass is 9.93. The number of nitrogens with one attached hydrogen (secondary N) is 1. The lowest BCUT2D eigenvalue weighted by Crippen LogP contribution is -2.48. The van der Waals surface area contributed by atoms with E-state index in [0.717, 1.165) is 16.8 Å². The van der Waals surface area contributed by atoms with Crippen LogP contribution in [0.25, 0.3) is 0 Å². The molecule has 102 valence electrons. The molecule has 8 heteroatoms. The number of aromatic amines is 1. The van der Waals surface area contributed by atoms with Crippen molar-refractivity contribution in [3.63, 3.8) is 0 Å². The van der Waals surface area contributed by atoms with Gasteiger partial charge in [0.1, 0.15) is 12.2 Å². The molecular weight excluding hydrogens is 256 g/mol. The van der Waals surface area contributed by atoms with Crippen molar-refractivity contribution in [2.75, 3.05) is 6.61 Å². The molecule has 1 saturated heterocycles. The largest absolute Gasteiger partial charge is 0.394 e. The van der Waals surface area contributed by atoms with Crippen LogP contribution in [0.2, 0.25) is 0 Å². The number of H-pyrrole nitrogens is 1. The Kier molecular flexibility index (Phi) is 3.30. The zero-order chi connectivity index (χ0) is 14.2. The average Bonchev–Trinajstić information content (AvgIpc) is 2.63. The molecule has 0 amide bonds. The van der Waals surface area contributed by atoms with Crippen LogP contribution in [-0.4, -0.2) is 49.3 Å². The number of rotatable bonds is 2. The topological polar surface area (TPSA) is 125 Å². The molecule has 1 aliphatic rings. The zero-order valence-electron chi connectivity index (χ0n) is 9.68. The average molecular weight is 268 g/mol. The maximum atomic E-state index is 11.6. The van der Waals surface area contributed by atoms with E-state index in [2.05, 4.69) is 0 Å². The summed E-state index contributed by atoms with van der Waals surface area (Å²) in [5, 5.41) is 29.1. The minimum atomic E-state index is -2.12. The third kappa shape index (κ3) is 1.98. The fourth-order valence-electron chi connectivity index (χ4n) is 1.96. The summed E-state index contributed by atoms with van der Waals surface area (Å²) in [6.07, 6.45) is 2.06. The van der Waals surface area contributed by atoms with Gasteiger partial charge in [0.05, 0.1) is 6.61 Å². The summed E-state index contributed by atoms with van der Waals surface area (Å²) in [6, 6.07) is 1.05. The molecule has 0 spiro atoms. The van der Waals surface area contributed by atoms with Crippen molar-refractivity contribution in [3.8, 4) is 12.3 Å². The van der Waals surface area contributed by atoms with Crippen molar-refractivity contribution in [2.24, 2.45) is 0 Å². The molecular formula is C11H12N2O6. The van der Waals surface area contributed by atoms with Crippen molar-refractivity contribution >= 4 is 0 Å². The third-order valence-corrected chi connectivity index (χ3v) is 3.04. The summed E-state index contributed by atoms with van der Waals surface area (Å²) < 4.78 is 6.06. The van der Waals surface area contributed by atoms with Crippen LogP contribution in [0.5, 0.6) is 0 Å². The normalized spacial score (nSPS) is 34.1. The Morgan fingerprint density at radius 2 is 2.26 bits per heavy atom. The van der Waals surface area contributed by atoms with Crippen molar-refractivity contribution in [3.05, 3.63) is 33.1 Å². The quantitative estimate of drug-likeness (QED) is 0.428. The van der Waals surface area contributed by atoms with E-state index in [4.69, 9.17) is 16.3 Å². The molecule has 4 N–H and O–H groups in total. The lowest BCUT2D eigenvalue weighted by Gasteiger charge is -2.23. The Labute approximate surface area is 106 Å². The summed E-state index contributed by atoms with van der Waals surface area (Å²) >= 11 is 0. The van der Waals surface area contributed by atoms with Crippen LogP contribution < -0.4 is 11.2 Å². The second-order valence-electron chi connectivity index (χ2n) is 4.13. The van der Waals surface area contributed by atoms with E-state index in [0.29, 0.717) is 0 Å². The maximum absolute atomic E-state index is 11.6. The molecule has 0 bridgehead atoms. The van der Waals surface area contributed by atoms with Crippen molar-refractivity contribution in [1.29, 1.82) is 0 Å². The first-order valence-electron chi connectivity index (χ1n) is 5.40. The molecule has 1 aliphatic heterocycles. The summed E-state index contributed by atoms with van der Waals surface area (Å²) in [7, 11) is 0. The molecule has 0 unspecified atom stereocenters. The molecule has 1 aromatic rings. The zero-order valence-corrected chi connectivity index (χ0v) is 9.68. The first-order chi connectivity index (χ1) is 8.93. The Balaban J connectivity index is 2.46. The van der Waals surface area contributed by atoms with E-state index in [9.17, 15) is 19.8 Å². The summed E-state index contributed by atoms with van der Waals surface area (Å²) in [5.74, 6) is 1.95. The molecule has 0 aliphatic carbocycles. The maximum Gasteiger partial charge on any atom is 0.330 e. The molecule has 0 aromatic carbocycles. The predicted octanol–water partition coefficient (Wildman–Crippen LogP) is -2.85. The molecule has 0 radical (unpaired) electrons. The van der Waals surface area contributed by atoms with E-state index in [-0.39, 0.29) is 0 Å². The summed E-state index contributed by atoms with van der Waals surface area (Å²) in [4.78, 5) is 24.5. The smallest absolute Gasteiger partial charge is 0.330 e. The molecule has 8 nitrogen and oxygen atoms in total. The minimum Gasteiger partial charge on any atom is -0.394 e. The van der Waals surface area contributed by atoms with Gasteiger partial charge in [0.25, 0.3) is 5.56 Å². The Hall–Kier alpha value is -1.92. The van der Waals surface area contributed by atoms with Gasteiger partial charge >= 0.3 is 5.69 Å². The standard InChI is InChI=1S/C11H12N2O6/c1-2-11(18)6(5-14)19-9(8(11)16)13-4-3-7(15)12-10(13)17/h1,3-4,6,8-9,14,16,18H,5H2,(H,12,15,17)/t6-,8-,9+,11-/m0/s1. The van der Waals surface area contributed by atoms with Gasteiger partial charge < -0.3 is 20.1 Å². The highest BCUT2D eigenvalue weighted by Crippen LogP contribution is 2.35. The first kappa shape index (κ1) is 13.5. The molecule has 19 heavy (non-hydrogen) atoms. The molecule has 4 atom stereocenters. The second kappa shape index (κ2) is 4.64. The fraction of sp³-hybridized carbons (Fsp3) is 0.455. The second-order valence-corrected chi connectivity index (χ2v) is 4.13. The van der Waals surface area contributed by atoms with Crippen LogP contribution >= 0.6 is 0 Å². The number of hydrogen-bond acceptors (Lipinski definition) is 6. The minimum absolute atomic E-state index is 0.611. The first-order valence-corrected chi connectivity index (χ1v) is 5.40. The SMILES string of the molecule is C#C[C@]1(O)[C@H](CO)O[C@@H](n2ccc(=O)[nH]c2=O)[C@@H]1O. The Morgan fingerprint density at radius 3 is 2.74 bits per heavy atom. The predicted molar refractivity (Wildman–Crippen MR) is 62.1 cm³/mol. The Bertz CT molecular complexity index is 629. The highest BCUT2D eigenvalue weighted by atomic mass is 16.6. The summed E-state index contributed by atoms with van der Waals surface area (Å²) in [5.41, 5.74) is -3.55. The fourth-order valence-corrected chi connectivity index (χ4v) is 1.96. The van der Waals surface area contributed by atoms with Crippen LogP contribution in [0.1, 0.15) is 6.23 Å². The van der Waals surface area contributed by atoms with Crippen LogP contribution in [0.15, 0.2) is 21.9 Å². The van der Waals surface area contributed by atoms with Crippen molar-refractivity contribution in [1.82, 2.24) is 9.55 Å². The number of hydrogen-bond donors (Lipinski definition) is 4. The molecule has 1 fully saturated rings. The van der Waals surface area contributed by atoms with Gasteiger partial charge in [-0.15, -0.1) is 6.42 Å². The van der Waals surface area contributed by atoms with Crippen LogP contribution in [0, 0.1) is 12.3 Å². The number of ether oxygens (including phenoxy) is 1. The van der Waals surface area contributed by atoms with Gasteiger partial charge in [0.15, 0.2) is 11.8 Å². The number of nitrogens with zero attached hydrogens (tertiary/aromatic N) is 1. The number of aliphatic hydroxyl groups is 3. The Morgan fingerprint density at radius 1 is 1.58 bits per heavy atom. The van der Waals surface area contributed by atoms with Gasteiger partial charge in [-0.3, -0.25) is 14.3 Å². The van der Waals surface area contributed by atoms with Gasteiger partial charge in [-0.25, -0.2) is 4.79 Å². The van der Waals surface area contributed by atoms with Gasteiger partial charge in [0.2, 0.25) is 0 Å². The highest BCUT2D eigenvalue weighted by molar-refractivity contribution is 5.19. The highest BCUT2D eigenvalue weighted by Gasteiger charge is 2.55. The van der Waals surface area contributed by atoms with Crippen LogP contribution in [-0.2, 0) is 4.74 Å². The summed E-state index contributed by atoms with van der Waals surface area (Å²) in [6.45, 7) is -0.633. The number of aromatic nitrogens is 2. The monoisotopic (exact) mass is 268 g/mol. The van der Waals surface area contributed by atoms with E-state index in [1.54, 1.807) is 0 Å². The van der Waals surface area contributed by atoms with Crippen molar-refractivity contribution < 1.29 is 20.1 Å². The van der Waals surface area contributed by atoms with Crippen LogP contribution in [0.3, 0.4) is 0 Å². The third-order valence-electron chi connectivity index (χ3n) is 3.04. The molecule has 2 heterocycles. The van der Waals surface area contributed by atoms with E-state index < -0.39 is 41.9 Å². The van der Waals surface area contributed by atoms with Gasteiger partial charge in [-0.05, 0) is 0 Å². The van der Waals surface area contributed by atoms with E-state index in [1.165, 1.54) is 0 Å². The van der Waals surface area contributed by atoms with Gasteiger partial charge in [-0.1, -0.05) is 5.92 Å². The van der Waals surface area contributed by atoms with Gasteiger partial charge in [0, 0.05) is 12.3 Å². The lowest BCUT2D eigenvalue weighted by molar-refractivity contribution is -0.0624. The van der Waals surface area contributed by atoms with Crippen molar-refractivity contribution in [2.45, 2.75) is 24.0 Å².